The molecule has 2 heteroatoms. The van der Waals surface area contributed by atoms with Crippen LogP contribution in [0.4, 0.5) is 0 Å². The van der Waals surface area contributed by atoms with Gasteiger partial charge in [-0.3, -0.25) is 0 Å². The van der Waals surface area contributed by atoms with Gasteiger partial charge in [-0.05, 0) is 43.5 Å². The molecule has 1 rings (SSSR count). The first-order valence-corrected chi connectivity index (χ1v) is 4.60. The van der Waals surface area contributed by atoms with Gasteiger partial charge in [-0.25, -0.2) is 0 Å². The summed E-state index contributed by atoms with van der Waals surface area (Å²) in [7, 11) is 0. The van der Waals surface area contributed by atoms with Gasteiger partial charge in [-0.1, -0.05) is 17.7 Å². The van der Waals surface area contributed by atoms with Crippen LogP contribution in [0.5, 0.6) is 0 Å². The molecule has 0 bridgehead atoms. The number of halogens is 1. The zero-order valence-corrected chi connectivity index (χ0v) is 8.81. The minimum absolute atomic E-state index is 0.0857. The van der Waals surface area contributed by atoms with Gasteiger partial charge in [-0.15, -0.1) is 0 Å². The van der Waals surface area contributed by atoms with E-state index in [-0.39, 0.29) is 5.92 Å². The van der Waals surface area contributed by atoms with Crippen LogP contribution in [0.3, 0.4) is 0 Å². The second-order valence-corrected chi connectivity index (χ2v) is 3.72. The van der Waals surface area contributed by atoms with Gasteiger partial charge in [-0.2, -0.15) is 5.26 Å². The topological polar surface area (TPSA) is 23.8 Å². The Balaban J connectivity index is 3.30. The van der Waals surface area contributed by atoms with Crippen molar-refractivity contribution in [3.8, 4) is 6.07 Å². The maximum absolute atomic E-state index is 8.80. The summed E-state index contributed by atoms with van der Waals surface area (Å²) in [4.78, 5) is 0. The molecule has 0 radical (unpaired) electrons. The van der Waals surface area contributed by atoms with Gasteiger partial charge in [0.25, 0.3) is 0 Å². The average molecular weight is 194 g/mol. The first kappa shape index (κ1) is 10.1. The first-order valence-electron chi connectivity index (χ1n) is 4.22. The molecule has 0 amide bonds. The van der Waals surface area contributed by atoms with Crippen molar-refractivity contribution in [3.05, 3.63) is 33.8 Å². The monoisotopic (exact) mass is 193 g/mol. The summed E-state index contributed by atoms with van der Waals surface area (Å²) in [5.74, 6) is -0.0857. The number of nitrogens with zero attached hydrogens (tertiary/aromatic N) is 1. The number of benzene rings is 1. The van der Waals surface area contributed by atoms with Crippen molar-refractivity contribution in [3.63, 3.8) is 0 Å². The van der Waals surface area contributed by atoms with Crippen molar-refractivity contribution in [2.75, 3.05) is 0 Å². The van der Waals surface area contributed by atoms with Crippen molar-refractivity contribution in [1.82, 2.24) is 0 Å². The maximum Gasteiger partial charge on any atom is 0.0701 e. The van der Waals surface area contributed by atoms with Crippen LogP contribution < -0.4 is 0 Å². The minimum Gasteiger partial charge on any atom is -0.198 e. The normalized spacial score (nSPS) is 12.2. The average Bonchev–Trinajstić information content (AvgIpc) is 2.10. The number of nitriles is 1. The Kier molecular flexibility index (Phi) is 2.95. The third-order valence-corrected chi connectivity index (χ3v) is 2.58. The van der Waals surface area contributed by atoms with Crippen molar-refractivity contribution >= 4 is 11.6 Å². The molecule has 0 N–H and O–H groups in total. The molecule has 0 spiro atoms. The fourth-order valence-electron chi connectivity index (χ4n) is 1.36. The van der Waals surface area contributed by atoms with E-state index in [1.54, 1.807) is 0 Å². The van der Waals surface area contributed by atoms with Crippen LogP contribution >= 0.6 is 11.6 Å². The molecule has 1 nitrogen and oxygen atoms in total. The lowest BCUT2D eigenvalue weighted by Crippen LogP contribution is -1.95. The van der Waals surface area contributed by atoms with E-state index in [2.05, 4.69) is 6.07 Å². The number of rotatable bonds is 1. The van der Waals surface area contributed by atoms with E-state index in [1.165, 1.54) is 0 Å². The van der Waals surface area contributed by atoms with Gasteiger partial charge >= 0.3 is 0 Å². The fraction of sp³-hybridized carbons (Fsp3) is 0.364. The summed E-state index contributed by atoms with van der Waals surface area (Å²) in [6.07, 6.45) is 0. The second-order valence-electron chi connectivity index (χ2n) is 3.31. The molecular weight excluding hydrogens is 182 g/mol. The fourth-order valence-corrected chi connectivity index (χ4v) is 1.64. The highest BCUT2D eigenvalue weighted by molar-refractivity contribution is 6.31. The van der Waals surface area contributed by atoms with E-state index in [0.717, 1.165) is 21.7 Å². The lowest BCUT2D eigenvalue weighted by atomic mass is 9.96. The molecule has 1 atom stereocenters. The van der Waals surface area contributed by atoms with E-state index in [0.29, 0.717) is 0 Å². The minimum atomic E-state index is -0.0857. The highest BCUT2D eigenvalue weighted by atomic mass is 35.5. The number of aryl methyl sites for hydroxylation is 1. The summed E-state index contributed by atoms with van der Waals surface area (Å²) in [5, 5.41) is 9.55. The van der Waals surface area contributed by atoms with Crippen molar-refractivity contribution in [2.24, 2.45) is 0 Å². The summed E-state index contributed by atoms with van der Waals surface area (Å²) >= 11 is 6.01. The van der Waals surface area contributed by atoms with Crippen LogP contribution in [0, 0.1) is 25.2 Å². The highest BCUT2D eigenvalue weighted by Gasteiger charge is 2.10. The molecule has 0 fully saturated rings. The molecule has 1 aromatic rings. The predicted molar refractivity (Wildman–Crippen MR) is 55.0 cm³/mol. The van der Waals surface area contributed by atoms with Crippen LogP contribution in [0.25, 0.3) is 0 Å². The van der Waals surface area contributed by atoms with E-state index in [4.69, 9.17) is 16.9 Å². The molecule has 1 unspecified atom stereocenters. The molecule has 0 aliphatic heterocycles. The maximum atomic E-state index is 8.80. The molecule has 1 aromatic carbocycles. The van der Waals surface area contributed by atoms with Crippen LogP contribution in [-0.4, -0.2) is 0 Å². The van der Waals surface area contributed by atoms with Gasteiger partial charge in [0, 0.05) is 5.02 Å². The molecule has 0 saturated heterocycles. The molecule has 0 heterocycles. The highest BCUT2D eigenvalue weighted by Crippen LogP contribution is 2.26. The van der Waals surface area contributed by atoms with E-state index in [1.807, 2.05) is 32.9 Å². The predicted octanol–water partition coefficient (Wildman–Crippen LogP) is 3.58. The van der Waals surface area contributed by atoms with Gasteiger partial charge in [0.2, 0.25) is 0 Å². The Morgan fingerprint density at radius 3 is 2.54 bits per heavy atom. The van der Waals surface area contributed by atoms with Crippen LogP contribution in [0.15, 0.2) is 12.1 Å². The summed E-state index contributed by atoms with van der Waals surface area (Å²) < 4.78 is 0. The summed E-state index contributed by atoms with van der Waals surface area (Å²) in [5.41, 5.74) is 3.15. The molecule has 0 aromatic heterocycles. The van der Waals surface area contributed by atoms with Gasteiger partial charge in [0.05, 0.1) is 12.0 Å². The smallest absolute Gasteiger partial charge is 0.0701 e. The second kappa shape index (κ2) is 3.81. The molecule has 13 heavy (non-hydrogen) atoms. The molecule has 0 saturated carbocycles. The van der Waals surface area contributed by atoms with Crippen molar-refractivity contribution < 1.29 is 0 Å². The van der Waals surface area contributed by atoms with Gasteiger partial charge < -0.3 is 0 Å². The number of hydrogen-bond acceptors (Lipinski definition) is 1. The Morgan fingerprint density at radius 2 is 2.00 bits per heavy atom. The van der Waals surface area contributed by atoms with E-state index in [9.17, 15) is 0 Å². The molecule has 0 aliphatic rings. The van der Waals surface area contributed by atoms with Gasteiger partial charge in [0.1, 0.15) is 0 Å². The lowest BCUT2D eigenvalue weighted by Gasteiger charge is -2.10. The standard InChI is InChI=1S/C11H12ClN/c1-7-4-10(8(2)6-13)9(3)11(12)5-7/h4-5,8H,1-3H3. The Hall–Kier alpha value is -1.00. The van der Waals surface area contributed by atoms with Crippen LogP contribution in [0.1, 0.15) is 29.5 Å². The van der Waals surface area contributed by atoms with E-state index >= 15 is 0 Å². The van der Waals surface area contributed by atoms with E-state index < -0.39 is 0 Å². The Labute approximate surface area is 84.0 Å². The lowest BCUT2D eigenvalue weighted by molar-refractivity contribution is 0.963. The summed E-state index contributed by atoms with van der Waals surface area (Å²) in [6, 6.07) is 6.16. The molecule has 0 aliphatic carbocycles. The number of hydrogen-bond donors (Lipinski definition) is 0. The van der Waals surface area contributed by atoms with Crippen molar-refractivity contribution in [1.29, 1.82) is 5.26 Å². The first-order chi connectivity index (χ1) is 6.06. The van der Waals surface area contributed by atoms with Gasteiger partial charge in [0.15, 0.2) is 0 Å². The Morgan fingerprint density at radius 1 is 1.38 bits per heavy atom. The molecular formula is C11H12ClN. The van der Waals surface area contributed by atoms with Crippen molar-refractivity contribution in [2.45, 2.75) is 26.7 Å². The summed E-state index contributed by atoms with van der Waals surface area (Å²) in [6.45, 7) is 5.82. The zero-order chi connectivity index (χ0) is 10.0. The Bertz CT molecular complexity index is 363. The quantitative estimate of drug-likeness (QED) is 0.669. The third kappa shape index (κ3) is 2.02. The van der Waals surface area contributed by atoms with Crippen LogP contribution in [-0.2, 0) is 0 Å². The zero-order valence-electron chi connectivity index (χ0n) is 8.06. The molecule has 68 valence electrons. The third-order valence-electron chi connectivity index (χ3n) is 2.19. The SMILES string of the molecule is Cc1cc(Cl)c(C)c(C(C)C#N)c1. The van der Waals surface area contributed by atoms with Crippen LogP contribution in [0.2, 0.25) is 5.02 Å². The largest absolute Gasteiger partial charge is 0.198 e.